The molecule has 4 aromatic rings. The highest BCUT2D eigenvalue weighted by molar-refractivity contribution is 7.89. The summed E-state index contributed by atoms with van der Waals surface area (Å²) in [6, 6.07) is 18.0. The van der Waals surface area contributed by atoms with E-state index in [1.165, 1.54) is 12.1 Å². The quantitative estimate of drug-likeness (QED) is 0.403. The number of rotatable bonds is 5. The predicted octanol–water partition coefficient (Wildman–Crippen LogP) is 3.40. The number of fused-ring (bicyclic) bond motifs is 2. The van der Waals surface area contributed by atoms with Crippen molar-refractivity contribution in [3.63, 3.8) is 0 Å². The maximum atomic E-state index is 13.0. The standard InChI is InChI=1S/C23H20N4O4S/c24-22(28)16-7-11-19-20(13-16)26-23(25-19)15-5-9-17(10-6-15)32(30,31)27(29)21-12-8-14-3-1-2-4-18(14)21/h1-7,9-11,13,21,29H,8,12H2,(H2,24,28)(H,25,26). The van der Waals surface area contributed by atoms with Gasteiger partial charge in [0.15, 0.2) is 0 Å². The van der Waals surface area contributed by atoms with Crippen molar-refractivity contribution < 1.29 is 18.4 Å². The van der Waals surface area contributed by atoms with Gasteiger partial charge in [0.1, 0.15) is 5.82 Å². The number of hydrogen-bond donors (Lipinski definition) is 3. The average molecular weight is 449 g/mol. The van der Waals surface area contributed by atoms with Crippen LogP contribution in [0.4, 0.5) is 0 Å². The molecule has 0 saturated carbocycles. The summed E-state index contributed by atoms with van der Waals surface area (Å²) in [6.07, 6.45) is 1.25. The van der Waals surface area contributed by atoms with Gasteiger partial charge in [0.2, 0.25) is 5.91 Å². The van der Waals surface area contributed by atoms with E-state index in [2.05, 4.69) is 9.97 Å². The Morgan fingerprint density at radius 1 is 1.09 bits per heavy atom. The normalized spacial score (nSPS) is 15.9. The zero-order valence-corrected chi connectivity index (χ0v) is 17.7. The first-order valence-corrected chi connectivity index (χ1v) is 11.5. The van der Waals surface area contributed by atoms with Gasteiger partial charge < -0.3 is 10.7 Å². The number of hydrogen-bond acceptors (Lipinski definition) is 5. The van der Waals surface area contributed by atoms with E-state index in [1.807, 2.05) is 24.3 Å². The van der Waals surface area contributed by atoms with Crippen LogP contribution in [-0.4, -0.2) is 34.0 Å². The van der Waals surface area contributed by atoms with Crippen LogP contribution in [0.15, 0.2) is 71.6 Å². The lowest BCUT2D eigenvalue weighted by Gasteiger charge is -2.22. The summed E-state index contributed by atoms with van der Waals surface area (Å²) in [6.45, 7) is 0. The van der Waals surface area contributed by atoms with Gasteiger partial charge in [-0.15, -0.1) is 0 Å². The van der Waals surface area contributed by atoms with E-state index >= 15 is 0 Å². The molecule has 1 aliphatic rings. The Labute approximate surface area is 184 Å². The van der Waals surface area contributed by atoms with E-state index in [0.717, 1.165) is 23.1 Å². The number of carbonyl (C=O) groups excluding carboxylic acids is 1. The maximum absolute atomic E-state index is 13.0. The lowest BCUT2D eigenvalue weighted by atomic mass is 10.1. The van der Waals surface area contributed by atoms with Gasteiger partial charge in [0.05, 0.1) is 22.0 Å². The van der Waals surface area contributed by atoms with Crippen LogP contribution in [0.3, 0.4) is 0 Å². The first-order chi connectivity index (χ1) is 15.3. The van der Waals surface area contributed by atoms with Gasteiger partial charge in [-0.25, -0.2) is 13.4 Å². The van der Waals surface area contributed by atoms with Crippen LogP contribution >= 0.6 is 0 Å². The van der Waals surface area contributed by atoms with Crippen LogP contribution < -0.4 is 5.73 Å². The van der Waals surface area contributed by atoms with Gasteiger partial charge in [-0.3, -0.25) is 10.0 Å². The van der Waals surface area contributed by atoms with Gasteiger partial charge >= 0.3 is 0 Å². The highest BCUT2D eigenvalue weighted by Gasteiger charge is 2.35. The molecule has 1 unspecified atom stereocenters. The number of hydroxylamine groups is 1. The zero-order valence-electron chi connectivity index (χ0n) is 16.9. The first-order valence-electron chi connectivity index (χ1n) is 10.1. The third kappa shape index (κ3) is 3.36. The minimum atomic E-state index is -4.10. The first kappa shape index (κ1) is 20.4. The average Bonchev–Trinajstić information content (AvgIpc) is 3.42. The summed E-state index contributed by atoms with van der Waals surface area (Å²) in [5, 5.41) is 10.6. The molecule has 1 aromatic heterocycles. The minimum Gasteiger partial charge on any atom is -0.366 e. The number of aryl methyl sites for hydroxylation is 1. The predicted molar refractivity (Wildman–Crippen MR) is 118 cm³/mol. The van der Waals surface area contributed by atoms with Crippen molar-refractivity contribution in [1.82, 2.24) is 14.4 Å². The zero-order chi connectivity index (χ0) is 22.5. The number of imidazole rings is 1. The van der Waals surface area contributed by atoms with Crippen molar-refractivity contribution in [2.75, 3.05) is 0 Å². The van der Waals surface area contributed by atoms with E-state index < -0.39 is 22.0 Å². The van der Waals surface area contributed by atoms with Crippen LogP contribution in [0, 0.1) is 0 Å². The van der Waals surface area contributed by atoms with Crippen molar-refractivity contribution in [3.8, 4) is 11.4 Å². The number of nitrogens with zero attached hydrogens (tertiary/aromatic N) is 2. The van der Waals surface area contributed by atoms with Crippen LogP contribution in [0.2, 0.25) is 0 Å². The van der Waals surface area contributed by atoms with Crippen molar-refractivity contribution in [3.05, 3.63) is 83.4 Å². The molecular weight excluding hydrogens is 428 g/mol. The Kier molecular flexibility index (Phi) is 4.81. The fourth-order valence-corrected chi connectivity index (χ4v) is 5.37. The van der Waals surface area contributed by atoms with Crippen molar-refractivity contribution in [2.45, 2.75) is 23.8 Å². The number of nitrogens with two attached hydrogens (primary N) is 1. The molecule has 9 heteroatoms. The Balaban J connectivity index is 1.43. The van der Waals surface area contributed by atoms with E-state index in [-0.39, 0.29) is 4.90 Å². The number of carbonyl (C=O) groups is 1. The Morgan fingerprint density at radius 2 is 1.84 bits per heavy atom. The smallest absolute Gasteiger partial charge is 0.265 e. The lowest BCUT2D eigenvalue weighted by molar-refractivity contribution is -0.0365. The number of H-pyrrole nitrogens is 1. The van der Waals surface area contributed by atoms with Crippen molar-refractivity contribution >= 4 is 27.0 Å². The highest BCUT2D eigenvalue weighted by atomic mass is 32.2. The number of benzene rings is 3. The minimum absolute atomic E-state index is 0.0137. The van der Waals surface area contributed by atoms with E-state index in [4.69, 9.17) is 5.73 Å². The summed E-state index contributed by atoms with van der Waals surface area (Å²) in [5.41, 5.74) is 9.51. The van der Waals surface area contributed by atoms with Crippen LogP contribution in [-0.2, 0) is 16.4 Å². The number of sulfonamides is 1. The molecule has 8 nitrogen and oxygen atoms in total. The summed E-state index contributed by atoms with van der Waals surface area (Å²) in [5.74, 6) is -0.0133. The Bertz CT molecular complexity index is 1440. The van der Waals surface area contributed by atoms with Crippen molar-refractivity contribution in [1.29, 1.82) is 0 Å². The fraction of sp³-hybridized carbons (Fsp3) is 0.130. The monoisotopic (exact) mass is 448 g/mol. The number of amides is 1. The summed E-state index contributed by atoms with van der Waals surface area (Å²) in [7, 11) is -4.10. The topological polar surface area (TPSA) is 129 Å². The summed E-state index contributed by atoms with van der Waals surface area (Å²) < 4.78 is 26.5. The van der Waals surface area contributed by atoms with Gasteiger partial charge in [0.25, 0.3) is 10.0 Å². The van der Waals surface area contributed by atoms with Crippen LogP contribution in [0.5, 0.6) is 0 Å². The molecule has 32 heavy (non-hydrogen) atoms. The largest absolute Gasteiger partial charge is 0.366 e. The van der Waals surface area contributed by atoms with Gasteiger partial charge in [0, 0.05) is 11.1 Å². The second kappa shape index (κ2) is 7.56. The second-order valence-corrected chi connectivity index (χ2v) is 9.53. The molecule has 0 bridgehead atoms. The Morgan fingerprint density at radius 3 is 2.59 bits per heavy atom. The molecular formula is C23H20N4O4S. The Hall–Kier alpha value is -3.53. The molecule has 5 rings (SSSR count). The SMILES string of the molecule is NC(=O)c1ccc2[nH]c(-c3ccc(S(=O)(=O)N(O)C4CCc5ccccc54)cc3)nc2c1. The molecule has 0 radical (unpaired) electrons. The molecule has 1 atom stereocenters. The van der Waals surface area contributed by atoms with E-state index in [1.54, 1.807) is 30.3 Å². The van der Waals surface area contributed by atoms with Gasteiger partial charge in [-0.1, -0.05) is 28.7 Å². The van der Waals surface area contributed by atoms with Gasteiger partial charge in [-0.05, 0) is 66.4 Å². The summed E-state index contributed by atoms with van der Waals surface area (Å²) in [4.78, 5) is 19.0. The van der Waals surface area contributed by atoms with Crippen LogP contribution in [0.25, 0.3) is 22.4 Å². The maximum Gasteiger partial charge on any atom is 0.265 e. The second-order valence-electron chi connectivity index (χ2n) is 7.74. The molecule has 1 amide bonds. The summed E-state index contributed by atoms with van der Waals surface area (Å²) >= 11 is 0. The fourth-order valence-electron chi connectivity index (χ4n) is 4.12. The molecule has 162 valence electrons. The number of primary amides is 1. The molecule has 1 aliphatic carbocycles. The number of nitrogens with one attached hydrogen (secondary N) is 1. The van der Waals surface area contributed by atoms with E-state index in [9.17, 15) is 18.4 Å². The third-order valence-corrected chi connectivity index (χ3v) is 7.42. The molecule has 0 spiro atoms. The molecule has 0 fully saturated rings. The highest BCUT2D eigenvalue weighted by Crippen LogP contribution is 2.37. The molecule has 0 saturated heterocycles. The van der Waals surface area contributed by atoms with Crippen molar-refractivity contribution in [2.24, 2.45) is 5.73 Å². The molecule has 1 heterocycles. The number of aromatic nitrogens is 2. The number of aromatic amines is 1. The molecule has 0 aliphatic heterocycles. The lowest BCUT2D eigenvalue weighted by Crippen LogP contribution is -2.30. The third-order valence-electron chi connectivity index (χ3n) is 5.81. The molecule has 3 aromatic carbocycles. The molecule has 4 N–H and O–H groups in total. The van der Waals surface area contributed by atoms with Gasteiger partial charge in [-0.2, -0.15) is 0 Å². The van der Waals surface area contributed by atoms with E-state index in [0.29, 0.717) is 33.4 Å². The van der Waals surface area contributed by atoms with Crippen LogP contribution in [0.1, 0.15) is 33.9 Å².